The molecule has 4 unspecified atom stereocenters. The van der Waals surface area contributed by atoms with Crippen LogP contribution in [0, 0.1) is 17.8 Å². The summed E-state index contributed by atoms with van der Waals surface area (Å²) >= 11 is 1.70. The van der Waals surface area contributed by atoms with Crippen molar-refractivity contribution in [3.8, 4) is 23.2 Å². The zero-order chi connectivity index (χ0) is 34.9. The van der Waals surface area contributed by atoms with Crippen molar-refractivity contribution in [1.29, 1.82) is 0 Å². The van der Waals surface area contributed by atoms with Crippen molar-refractivity contribution >= 4 is 34.9 Å². The normalized spacial score (nSPS) is 20.2. The number of rotatable bonds is 6. The first kappa shape index (κ1) is 34.6. The monoisotopic (exact) mass is 682 g/mol. The Labute approximate surface area is 292 Å². The van der Waals surface area contributed by atoms with E-state index in [0.717, 1.165) is 71.5 Å². The minimum atomic E-state index is -0.538. The van der Waals surface area contributed by atoms with E-state index in [2.05, 4.69) is 33.3 Å². The number of likely N-dealkylation sites (tertiary alicyclic amines) is 1. The number of amides is 1. The lowest BCUT2D eigenvalue weighted by atomic mass is 9.95. The average Bonchev–Trinajstić information content (AvgIpc) is 3.85. The van der Waals surface area contributed by atoms with Gasteiger partial charge in [-0.3, -0.25) is 9.89 Å². The molecule has 1 aliphatic heterocycles. The molecule has 1 aliphatic carbocycles. The van der Waals surface area contributed by atoms with Crippen molar-refractivity contribution in [3.05, 3.63) is 65.2 Å². The Morgan fingerprint density at radius 3 is 2.35 bits per heavy atom. The number of benzene rings is 2. The topological polar surface area (TPSA) is 126 Å². The molecular formula is C38H46N6O4S. The number of hydrogen-bond donors (Lipinski definition) is 2. The summed E-state index contributed by atoms with van der Waals surface area (Å²) in [6.45, 7) is 12.1. The fourth-order valence-corrected chi connectivity index (χ4v) is 7.64. The Morgan fingerprint density at radius 2 is 1.63 bits per heavy atom. The van der Waals surface area contributed by atoms with Gasteiger partial charge >= 0.3 is 12.1 Å². The van der Waals surface area contributed by atoms with E-state index >= 15 is 0 Å². The van der Waals surface area contributed by atoms with Gasteiger partial charge in [-0.15, -0.1) is 0 Å². The maximum Gasteiger partial charge on any atom is 0.410 e. The van der Waals surface area contributed by atoms with Gasteiger partial charge in [0.05, 0.1) is 28.2 Å². The number of thioether (sulfide) groups is 1. The molecule has 10 nitrogen and oxygen atoms in total. The first-order chi connectivity index (χ1) is 23.3. The molecule has 11 heteroatoms. The van der Waals surface area contributed by atoms with Gasteiger partial charge in [0.1, 0.15) is 22.9 Å². The minimum Gasteiger partial charge on any atom is -0.460 e. The smallest absolute Gasteiger partial charge is 0.410 e. The predicted molar refractivity (Wildman–Crippen MR) is 192 cm³/mol. The molecule has 49 heavy (non-hydrogen) atoms. The second kappa shape index (κ2) is 13.9. The van der Waals surface area contributed by atoms with E-state index in [-0.39, 0.29) is 35.2 Å². The molecule has 2 aromatic carbocycles. The van der Waals surface area contributed by atoms with Gasteiger partial charge in [0.15, 0.2) is 5.82 Å². The Bertz CT molecular complexity index is 1870. The Hall–Kier alpha value is -4.30. The largest absolute Gasteiger partial charge is 0.460 e. The molecule has 4 aromatic rings. The number of H-pyrrole nitrogens is 2. The lowest BCUT2D eigenvalue weighted by Crippen LogP contribution is -2.42. The number of carbonyl (C=O) groups excluding carboxylic acids is 2. The van der Waals surface area contributed by atoms with Crippen LogP contribution in [0.3, 0.4) is 0 Å². The molecule has 258 valence electrons. The molecule has 2 aromatic heterocycles. The molecule has 6 rings (SSSR count). The number of aromatic nitrogens is 5. The number of fused-ring (bicyclic) bond motifs is 1. The minimum absolute atomic E-state index is 0.000112. The van der Waals surface area contributed by atoms with E-state index in [1.165, 1.54) is 0 Å². The van der Waals surface area contributed by atoms with Crippen LogP contribution in [-0.2, 0) is 14.3 Å². The second-order valence-corrected chi connectivity index (χ2v) is 15.9. The summed E-state index contributed by atoms with van der Waals surface area (Å²) in [5.74, 6) is 8.34. The zero-order valence-electron chi connectivity index (χ0n) is 29.4. The van der Waals surface area contributed by atoms with Crippen LogP contribution in [0.4, 0.5) is 4.79 Å². The predicted octanol–water partition coefficient (Wildman–Crippen LogP) is 7.78. The number of esters is 1. The highest BCUT2D eigenvalue weighted by Crippen LogP contribution is 2.40. The lowest BCUT2D eigenvalue weighted by Gasteiger charge is -2.31. The van der Waals surface area contributed by atoms with Gasteiger partial charge in [0, 0.05) is 29.2 Å². The molecule has 2 aliphatic rings. The molecule has 1 saturated heterocycles. The van der Waals surface area contributed by atoms with Crippen molar-refractivity contribution in [2.24, 2.45) is 5.92 Å². The molecular weight excluding hydrogens is 637 g/mol. The third-order valence-electron chi connectivity index (χ3n) is 8.87. The fraction of sp³-hybridized carbons (Fsp3) is 0.500. The highest BCUT2D eigenvalue weighted by Gasteiger charge is 2.40. The SMILES string of the molecule is CSC(c1nc2ccc(C#Cc3ccc(-c4n[nH]c(C5CCCC5C(=O)OC(C)(C)C)n4)cc3)cc2[nH]1)C1CCCN1C(=O)OC(C)(C)C. The molecule has 0 spiro atoms. The summed E-state index contributed by atoms with van der Waals surface area (Å²) in [6, 6.07) is 13.9. The van der Waals surface area contributed by atoms with Crippen LogP contribution in [-0.4, -0.2) is 72.2 Å². The first-order valence-electron chi connectivity index (χ1n) is 17.1. The van der Waals surface area contributed by atoms with Crippen LogP contribution < -0.4 is 0 Å². The third kappa shape index (κ3) is 8.13. The van der Waals surface area contributed by atoms with Crippen LogP contribution in [0.2, 0.25) is 0 Å². The van der Waals surface area contributed by atoms with Crippen LogP contribution >= 0.6 is 11.8 Å². The number of aromatic amines is 2. The van der Waals surface area contributed by atoms with E-state index in [4.69, 9.17) is 19.4 Å². The number of nitrogens with zero attached hydrogens (tertiary/aromatic N) is 4. The van der Waals surface area contributed by atoms with Gasteiger partial charge in [-0.05, 0) is 116 Å². The summed E-state index contributed by atoms with van der Waals surface area (Å²) < 4.78 is 11.4. The Kier molecular flexibility index (Phi) is 9.81. The number of nitrogens with one attached hydrogen (secondary N) is 2. The molecule has 4 atom stereocenters. The lowest BCUT2D eigenvalue weighted by molar-refractivity contribution is -0.160. The van der Waals surface area contributed by atoms with Crippen molar-refractivity contribution in [2.75, 3.05) is 12.8 Å². The quantitative estimate of drug-likeness (QED) is 0.156. The number of imidazole rings is 1. The molecule has 1 saturated carbocycles. The van der Waals surface area contributed by atoms with Crippen molar-refractivity contribution in [3.63, 3.8) is 0 Å². The standard InChI is InChI=1S/C38H46N6O4S/c1-37(2,3)47-35(45)27-11-8-10-26(27)33-41-32(42-43-33)25-18-15-23(16-19-25)13-14-24-17-20-28-29(22-24)40-34(39-28)31(49-7)30-12-9-21-44(30)36(46)48-38(4,5)6/h15-20,22,26-27,30-31H,8-12,21H2,1-7H3,(H,39,40)(H,41,42,43). The van der Waals surface area contributed by atoms with Crippen LogP contribution in [0.1, 0.15) is 108 Å². The molecule has 3 heterocycles. The first-order valence-corrected chi connectivity index (χ1v) is 18.4. The van der Waals surface area contributed by atoms with E-state index in [1.54, 1.807) is 11.8 Å². The van der Waals surface area contributed by atoms with E-state index < -0.39 is 11.2 Å². The maximum absolute atomic E-state index is 13.0. The van der Waals surface area contributed by atoms with Gasteiger partial charge in [0.2, 0.25) is 0 Å². The highest BCUT2D eigenvalue weighted by atomic mass is 32.2. The summed E-state index contributed by atoms with van der Waals surface area (Å²) in [7, 11) is 0. The Morgan fingerprint density at radius 1 is 0.918 bits per heavy atom. The zero-order valence-corrected chi connectivity index (χ0v) is 30.2. The van der Waals surface area contributed by atoms with Crippen LogP contribution in [0.25, 0.3) is 22.4 Å². The third-order valence-corrected chi connectivity index (χ3v) is 9.92. The van der Waals surface area contributed by atoms with Gasteiger partial charge in [-0.25, -0.2) is 14.8 Å². The van der Waals surface area contributed by atoms with Crippen molar-refractivity contribution < 1.29 is 19.1 Å². The van der Waals surface area contributed by atoms with Crippen molar-refractivity contribution in [2.45, 2.75) is 102 Å². The average molecular weight is 683 g/mol. The summed E-state index contributed by atoms with van der Waals surface area (Å²) in [6.07, 6.45) is 6.28. The van der Waals surface area contributed by atoms with E-state index in [1.807, 2.05) is 88.9 Å². The second-order valence-electron chi connectivity index (χ2n) is 14.9. The van der Waals surface area contributed by atoms with E-state index in [9.17, 15) is 9.59 Å². The highest BCUT2D eigenvalue weighted by molar-refractivity contribution is 7.98. The molecule has 1 amide bonds. The van der Waals surface area contributed by atoms with Crippen LogP contribution in [0.15, 0.2) is 42.5 Å². The van der Waals surface area contributed by atoms with Gasteiger partial charge < -0.3 is 19.4 Å². The summed E-state index contributed by atoms with van der Waals surface area (Å²) in [5.41, 5.74) is 3.35. The summed E-state index contributed by atoms with van der Waals surface area (Å²) in [4.78, 5) is 40.8. The van der Waals surface area contributed by atoms with Gasteiger partial charge in [-0.2, -0.15) is 16.9 Å². The van der Waals surface area contributed by atoms with Crippen LogP contribution in [0.5, 0.6) is 0 Å². The molecule has 0 bridgehead atoms. The fourth-order valence-electron chi connectivity index (χ4n) is 6.71. The van der Waals surface area contributed by atoms with Crippen molar-refractivity contribution in [1.82, 2.24) is 30.0 Å². The molecule has 0 radical (unpaired) electrons. The Balaban J connectivity index is 1.13. The summed E-state index contributed by atoms with van der Waals surface area (Å²) in [5, 5.41) is 7.55. The van der Waals surface area contributed by atoms with E-state index in [0.29, 0.717) is 12.4 Å². The number of hydrogen-bond acceptors (Lipinski definition) is 8. The maximum atomic E-state index is 13.0. The van der Waals surface area contributed by atoms with Gasteiger partial charge in [0.25, 0.3) is 0 Å². The number of ether oxygens (including phenoxy) is 2. The van der Waals surface area contributed by atoms with Gasteiger partial charge in [-0.1, -0.05) is 18.3 Å². The number of carbonyl (C=O) groups is 2. The molecule has 2 N–H and O–H groups in total. The molecule has 2 fully saturated rings.